The quantitative estimate of drug-likeness (QED) is 0.400. The number of carbonyl (C=O) groups excluding carboxylic acids is 2. The number of hydrogen-bond acceptors (Lipinski definition) is 7. The number of carbonyl (C=O) groups is 3. The number of aromatic nitrogens is 1. The molecule has 2 heterocycles. The summed E-state index contributed by atoms with van der Waals surface area (Å²) in [5, 5.41) is 14.0. The SMILES string of the molecule is O=C(NCCNC(=O)c1oc(N2CCCCC2)nc1C(F)(F)F)c1ccc(O[C@H]2CC[C@@H](C(=O)O)CC2)cc1. The van der Waals surface area contributed by atoms with Gasteiger partial charge in [-0.3, -0.25) is 14.4 Å². The van der Waals surface area contributed by atoms with E-state index in [4.69, 9.17) is 14.3 Å². The van der Waals surface area contributed by atoms with Gasteiger partial charge in [-0.05, 0) is 69.2 Å². The summed E-state index contributed by atoms with van der Waals surface area (Å²) >= 11 is 0. The Hall–Kier alpha value is -3.77. The van der Waals surface area contributed by atoms with Gasteiger partial charge in [0, 0.05) is 31.7 Å². The Kier molecular flexibility index (Phi) is 8.97. The smallest absolute Gasteiger partial charge is 0.437 e. The molecule has 2 aromatic rings. The summed E-state index contributed by atoms with van der Waals surface area (Å²) in [7, 11) is 0. The number of carboxylic acids is 1. The molecule has 0 unspecified atom stereocenters. The highest BCUT2D eigenvalue weighted by atomic mass is 19.4. The lowest BCUT2D eigenvalue weighted by Crippen LogP contribution is -2.35. The Morgan fingerprint density at radius 1 is 0.974 bits per heavy atom. The van der Waals surface area contributed by atoms with Gasteiger partial charge in [0.25, 0.3) is 17.8 Å². The molecule has 1 aromatic carbocycles. The number of hydrogen-bond donors (Lipinski definition) is 3. The topological polar surface area (TPSA) is 134 Å². The number of piperidine rings is 1. The van der Waals surface area contributed by atoms with Crippen molar-refractivity contribution in [3.05, 3.63) is 41.3 Å². The molecule has 2 fully saturated rings. The maximum atomic E-state index is 13.5. The minimum atomic E-state index is -4.85. The number of oxazole rings is 1. The van der Waals surface area contributed by atoms with Crippen LogP contribution in [0.5, 0.6) is 5.75 Å². The molecule has 0 spiro atoms. The van der Waals surface area contributed by atoms with E-state index >= 15 is 0 Å². The highest BCUT2D eigenvalue weighted by molar-refractivity contribution is 5.94. The number of amides is 2. The van der Waals surface area contributed by atoms with Crippen molar-refractivity contribution in [2.24, 2.45) is 5.92 Å². The molecule has 39 heavy (non-hydrogen) atoms. The highest BCUT2D eigenvalue weighted by Crippen LogP contribution is 2.34. The summed E-state index contributed by atoms with van der Waals surface area (Å²) in [5.74, 6) is -2.95. The van der Waals surface area contributed by atoms with Gasteiger partial charge in [0.05, 0.1) is 12.0 Å². The zero-order valence-electron chi connectivity index (χ0n) is 21.3. The fourth-order valence-electron chi connectivity index (χ4n) is 4.71. The van der Waals surface area contributed by atoms with Crippen LogP contribution >= 0.6 is 0 Å². The maximum Gasteiger partial charge on any atom is 0.437 e. The van der Waals surface area contributed by atoms with Crippen molar-refractivity contribution in [1.29, 1.82) is 0 Å². The number of rotatable bonds is 9. The largest absolute Gasteiger partial charge is 0.490 e. The number of anilines is 1. The predicted octanol–water partition coefficient (Wildman–Crippen LogP) is 3.87. The van der Waals surface area contributed by atoms with Gasteiger partial charge >= 0.3 is 12.1 Å². The average Bonchev–Trinajstić information content (AvgIpc) is 3.39. The van der Waals surface area contributed by atoms with E-state index in [0.29, 0.717) is 50.1 Å². The number of carboxylic acid groups (broad SMARTS) is 1. The van der Waals surface area contributed by atoms with Crippen LogP contribution in [0, 0.1) is 5.92 Å². The molecule has 13 heteroatoms. The molecule has 1 saturated heterocycles. The Morgan fingerprint density at radius 3 is 2.18 bits per heavy atom. The second-order valence-electron chi connectivity index (χ2n) is 9.69. The van der Waals surface area contributed by atoms with Crippen LogP contribution in [0.1, 0.15) is 71.6 Å². The average molecular weight is 553 g/mol. The minimum absolute atomic E-state index is 0.0237. The van der Waals surface area contributed by atoms with E-state index in [1.165, 1.54) is 0 Å². The Morgan fingerprint density at radius 2 is 1.59 bits per heavy atom. The maximum absolute atomic E-state index is 13.5. The Balaban J connectivity index is 1.24. The molecule has 1 saturated carbocycles. The predicted molar refractivity (Wildman–Crippen MR) is 133 cm³/mol. The molecule has 10 nitrogen and oxygen atoms in total. The molecule has 1 aliphatic heterocycles. The summed E-state index contributed by atoms with van der Waals surface area (Å²) in [6.45, 7) is 0.865. The van der Waals surface area contributed by atoms with Crippen LogP contribution in [-0.4, -0.2) is 60.2 Å². The molecule has 4 rings (SSSR count). The number of halogens is 3. The molecule has 1 aliphatic carbocycles. The lowest BCUT2D eigenvalue weighted by molar-refractivity contribution is -0.143. The number of nitrogens with zero attached hydrogens (tertiary/aromatic N) is 2. The first-order valence-corrected chi connectivity index (χ1v) is 13.0. The van der Waals surface area contributed by atoms with Crippen LogP contribution in [0.25, 0.3) is 0 Å². The van der Waals surface area contributed by atoms with Crippen LogP contribution in [-0.2, 0) is 11.0 Å². The molecule has 0 radical (unpaired) electrons. The summed E-state index contributed by atoms with van der Waals surface area (Å²) in [6.07, 6.45) is 0.0407. The van der Waals surface area contributed by atoms with Crippen LogP contribution in [0.4, 0.5) is 19.2 Å². The van der Waals surface area contributed by atoms with E-state index in [2.05, 4.69) is 15.6 Å². The van der Waals surface area contributed by atoms with E-state index in [0.717, 1.165) is 19.3 Å². The minimum Gasteiger partial charge on any atom is -0.490 e. The molecular formula is C26H31F3N4O6. The Bertz CT molecular complexity index is 1150. The van der Waals surface area contributed by atoms with Gasteiger partial charge in [0.1, 0.15) is 5.75 Å². The molecule has 3 N–H and O–H groups in total. The van der Waals surface area contributed by atoms with Crippen molar-refractivity contribution in [3.63, 3.8) is 0 Å². The lowest BCUT2D eigenvalue weighted by atomic mass is 9.87. The third-order valence-electron chi connectivity index (χ3n) is 6.86. The summed E-state index contributed by atoms with van der Waals surface area (Å²) in [4.78, 5) is 41.1. The van der Waals surface area contributed by atoms with Gasteiger partial charge in [-0.2, -0.15) is 18.2 Å². The van der Waals surface area contributed by atoms with Crippen molar-refractivity contribution in [3.8, 4) is 5.75 Å². The van der Waals surface area contributed by atoms with Gasteiger partial charge in [0.15, 0.2) is 5.69 Å². The third-order valence-corrected chi connectivity index (χ3v) is 6.86. The molecule has 0 bridgehead atoms. The van der Waals surface area contributed by atoms with Crippen LogP contribution in [0.3, 0.4) is 0 Å². The monoisotopic (exact) mass is 552 g/mol. The summed E-state index contributed by atoms with van der Waals surface area (Å²) in [6, 6.07) is 6.20. The second-order valence-corrected chi connectivity index (χ2v) is 9.69. The van der Waals surface area contributed by atoms with Crippen LogP contribution < -0.4 is 20.3 Å². The first-order valence-electron chi connectivity index (χ1n) is 13.0. The van der Waals surface area contributed by atoms with Gasteiger partial charge in [0.2, 0.25) is 5.76 Å². The zero-order chi connectivity index (χ0) is 28.0. The molecule has 2 aliphatic rings. The standard InChI is InChI=1S/C26H31F3N4O6/c27-26(28,29)21-20(39-25(32-21)33-14-2-1-3-15-33)23(35)31-13-12-30-22(34)16-4-8-18(9-5-16)38-19-10-6-17(7-11-19)24(36)37/h4-5,8-9,17,19H,1-3,6-7,10-15H2,(H,30,34)(H,31,35)(H,36,37)/t17-,19+. The lowest BCUT2D eigenvalue weighted by Gasteiger charge is -2.26. The van der Waals surface area contributed by atoms with E-state index in [9.17, 15) is 27.6 Å². The second kappa shape index (κ2) is 12.4. The number of aliphatic carboxylic acids is 1. The molecular weight excluding hydrogens is 521 g/mol. The van der Waals surface area contributed by atoms with Crippen molar-refractivity contribution >= 4 is 23.8 Å². The summed E-state index contributed by atoms with van der Waals surface area (Å²) < 4.78 is 51.5. The van der Waals surface area contributed by atoms with Crippen molar-refractivity contribution in [1.82, 2.24) is 15.6 Å². The first-order chi connectivity index (χ1) is 18.6. The van der Waals surface area contributed by atoms with E-state index < -0.39 is 35.4 Å². The van der Waals surface area contributed by atoms with Gasteiger partial charge in [-0.1, -0.05) is 0 Å². The van der Waals surface area contributed by atoms with Gasteiger partial charge < -0.3 is 29.8 Å². The molecule has 1 aromatic heterocycles. The molecule has 212 valence electrons. The van der Waals surface area contributed by atoms with Crippen LogP contribution in [0.2, 0.25) is 0 Å². The fourth-order valence-corrected chi connectivity index (χ4v) is 4.71. The highest BCUT2D eigenvalue weighted by Gasteiger charge is 2.42. The first kappa shape index (κ1) is 28.2. The molecule has 2 amide bonds. The van der Waals surface area contributed by atoms with Crippen molar-refractivity contribution in [2.75, 3.05) is 31.1 Å². The third kappa shape index (κ3) is 7.42. The number of alkyl halides is 3. The normalized spacial score (nSPS) is 19.8. The summed E-state index contributed by atoms with van der Waals surface area (Å²) in [5.41, 5.74) is -1.04. The van der Waals surface area contributed by atoms with Crippen molar-refractivity contribution in [2.45, 2.75) is 57.2 Å². The van der Waals surface area contributed by atoms with E-state index in [-0.39, 0.29) is 31.1 Å². The zero-order valence-corrected chi connectivity index (χ0v) is 21.3. The number of benzene rings is 1. The van der Waals surface area contributed by atoms with Gasteiger partial charge in [-0.15, -0.1) is 0 Å². The Labute approximate surface area is 222 Å². The van der Waals surface area contributed by atoms with Gasteiger partial charge in [-0.25, -0.2) is 0 Å². The van der Waals surface area contributed by atoms with Crippen LogP contribution in [0.15, 0.2) is 28.7 Å². The number of ether oxygens (including phenoxy) is 1. The van der Waals surface area contributed by atoms with Crippen molar-refractivity contribution < 1.29 is 41.8 Å². The number of nitrogens with one attached hydrogen (secondary N) is 2. The van der Waals surface area contributed by atoms with E-state index in [1.807, 2.05) is 0 Å². The van der Waals surface area contributed by atoms with E-state index in [1.54, 1.807) is 29.2 Å². The molecule has 0 atom stereocenters. The fraction of sp³-hybridized carbons (Fsp3) is 0.538.